The molecule has 1 heterocycles. The Kier molecular flexibility index (Phi) is 9.47. The number of para-hydroxylation sites is 1. The maximum Gasteiger partial charge on any atom is 0.160 e. The van der Waals surface area contributed by atoms with E-state index in [2.05, 4.69) is 189 Å². The number of fused-ring (bicyclic) bond motifs is 14. The minimum absolute atomic E-state index is 0.368. The van der Waals surface area contributed by atoms with Gasteiger partial charge in [-0.15, -0.1) is 0 Å². The second-order valence-corrected chi connectivity index (χ2v) is 18.7. The molecule has 0 amide bonds. The van der Waals surface area contributed by atoms with E-state index in [-0.39, 0.29) is 0 Å². The molecule has 1 aromatic heterocycles. The van der Waals surface area contributed by atoms with E-state index < -0.39 is 5.41 Å². The minimum Gasteiger partial charge on any atom is -0.454 e. The maximum atomic E-state index is 9.92. The van der Waals surface area contributed by atoms with E-state index in [1.807, 2.05) is 54.6 Å². The van der Waals surface area contributed by atoms with Crippen LogP contribution in [0.1, 0.15) is 84.0 Å². The highest BCUT2D eigenvalue weighted by Crippen LogP contribution is 2.66. The van der Waals surface area contributed by atoms with Crippen molar-refractivity contribution in [2.75, 3.05) is 9.80 Å². The second kappa shape index (κ2) is 15.8. The molecule has 5 nitrogen and oxygen atoms in total. The molecule has 2 aliphatic rings. The Hall–Kier alpha value is -8.64. The first-order valence-electron chi connectivity index (χ1n) is 23.4. The summed E-state index contributed by atoms with van der Waals surface area (Å²) in [5.74, 6) is 0.758. The van der Waals surface area contributed by atoms with Crippen LogP contribution in [0.15, 0.2) is 199 Å². The average molecular weight is 875 g/mol. The van der Waals surface area contributed by atoms with Crippen LogP contribution in [0.3, 0.4) is 0 Å². The van der Waals surface area contributed by atoms with Gasteiger partial charge < -0.3 is 14.2 Å². The fourth-order valence-electron chi connectivity index (χ4n) is 11.0. The van der Waals surface area contributed by atoms with E-state index in [0.717, 1.165) is 67.2 Å². The molecule has 10 aromatic rings. The third-order valence-corrected chi connectivity index (χ3v) is 14.3. The lowest BCUT2D eigenvalue weighted by molar-refractivity contribution is 0.668. The molecule has 0 fully saturated rings. The summed E-state index contributed by atoms with van der Waals surface area (Å²) in [5, 5.41) is 21.9. The van der Waals surface area contributed by atoms with Gasteiger partial charge in [-0.25, -0.2) is 0 Å². The molecule has 0 saturated heterocycles. The second-order valence-electron chi connectivity index (χ2n) is 18.7. The van der Waals surface area contributed by atoms with Gasteiger partial charge in [-0.05, 0) is 165 Å². The summed E-state index contributed by atoms with van der Waals surface area (Å²) in [6.45, 7) is 8.88. The standard InChI is InChI=1S/C63H46N4O/c1-39(2)43-21-29-46(30-22-43)66(45-25-17-41(37-64)18-26-45)49-33-34-52-56(35-49)63(54-14-8-5-11-50(54)51-12-6-9-15-55(51)63)57-36-58(62-61(60(52)57)53-13-7-10-16-59(53)68-62)67(47-27-19-42(38-65)20-28-47)48-31-23-44(24-32-48)40(3)4/h5-36,39-40H,1-4H3. The van der Waals surface area contributed by atoms with Gasteiger partial charge in [0.15, 0.2) is 5.58 Å². The van der Waals surface area contributed by atoms with Crippen LogP contribution in [-0.2, 0) is 5.41 Å². The van der Waals surface area contributed by atoms with Crippen molar-refractivity contribution < 1.29 is 4.42 Å². The number of hydrogen-bond donors (Lipinski definition) is 0. The molecule has 324 valence electrons. The zero-order chi connectivity index (χ0) is 46.3. The van der Waals surface area contributed by atoms with Crippen molar-refractivity contribution >= 4 is 56.1 Å². The molecule has 12 rings (SSSR count). The number of nitriles is 2. The highest BCUT2D eigenvalue weighted by Gasteiger charge is 2.53. The number of hydrogen-bond acceptors (Lipinski definition) is 5. The molecule has 0 bridgehead atoms. The molecule has 0 aliphatic heterocycles. The number of anilines is 6. The van der Waals surface area contributed by atoms with Crippen LogP contribution in [0.25, 0.3) is 44.2 Å². The Morgan fingerprint density at radius 3 is 1.44 bits per heavy atom. The largest absolute Gasteiger partial charge is 0.454 e. The molecular weight excluding hydrogens is 829 g/mol. The Morgan fingerprint density at radius 1 is 0.441 bits per heavy atom. The van der Waals surface area contributed by atoms with Crippen molar-refractivity contribution in [3.8, 4) is 34.4 Å². The first-order chi connectivity index (χ1) is 33.3. The Labute approximate surface area is 397 Å². The smallest absolute Gasteiger partial charge is 0.160 e. The molecule has 1 spiro atoms. The van der Waals surface area contributed by atoms with Crippen molar-refractivity contribution in [2.24, 2.45) is 0 Å². The number of nitrogens with zero attached hydrogens (tertiary/aromatic N) is 4. The summed E-state index contributed by atoms with van der Waals surface area (Å²) in [5.41, 5.74) is 20.0. The van der Waals surface area contributed by atoms with Gasteiger partial charge in [-0.1, -0.05) is 125 Å². The maximum absolute atomic E-state index is 9.92. The highest BCUT2D eigenvalue weighted by atomic mass is 16.3. The van der Waals surface area contributed by atoms with Gasteiger partial charge in [-0.2, -0.15) is 10.5 Å². The van der Waals surface area contributed by atoms with Crippen LogP contribution in [0.2, 0.25) is 0 Å². The highest BCUT2D eigenvalue weighted by molar-refractivity contribution is 6.20. The Balaban J connectivity index is 1.20. The zero-order valence-electron chi connectivity index (χ0n) is 38.3. The minimum atomic E-state index is -0.731. The molecule has 5 heteroatoms. The van der Waals surface area contributed by atoms with Crippen LogP contribution in [-0.4, -0.2) is 0 Å². The van der Waals surface area contributed by atoms with E-state index in [9.17, 15) is 10.5 Å². The lowest BCUT2D eigenvalue weighted by atomic mass is 9.70. The normalized spacial score (nSPS) is 12.8. The zero-order valence-corrected chi connectivity index (χ0v) is 38.3. The topological polar surface area (TPSA) is 67.2 Å². The molecule has 0 unspecified atom stereocenters. The molecule has 0 atom stereocenters. The Morgan fingerprint density at radius 2 is 0.912 bits per heavy atom. The predicted molar refractivity (Wildman–Crippen MR) is 277 cm³/mol. The van der Waals surface area contributed by atoms with Crippen molar-refractivity contribution in [1.29, 1.82) is 10.5 Å². The monoisotopic (exact) mass is 874 g/mol. The number of benzene rings is 9. The van der Waals surface area contributed by atoms with Crippen LogP contribution in [0, 0.1) is 22.7 Å². The van der Waals surface area contributed by atoms with E-state index in [0.29, 0.717) is 23.0 Å². The molecule has 0 saturated carbocycles. The summed E-state index contributed by atoms with van der Waals surface area (Å²) in [4.78, 5) is 4.62. The fraction of sp³-hybridized carbons (Fsp3) is 0.111. The fourth-order valence-corrected chi connectivity index (χ4v) is 11.0. The van der Waals surface area contributed by atoms with Crippen LogP contribution >= 0.6 is 0 Å². The quantitative estimate of drug-likeness (QED) is 0.152. The van der Waals surface area contributed by atoms with Crippen LogP contribution < -0.4 is 9.80 Å². The van der Waals surface area contributed by atoms with Gasteiger partial charge in [0.05, 0.1) is 34.4 Å². The lowest BCUT2D eigenvalue weighted by Crippen LogP contribution is -2.26. The molecule has 0 N–H and O–H groups in total. The summed E-state index contributed by atoms with van der Waals surface area (Å²) in [6.07, 6.45) is 0. The van der Waals surface area contributed by atoms with Gasteiger partial charge in [0.2, 0.25) is 0 Å². The van der Waals surface area contributed by atoms with Crippen molar-refractivity contribution in [3.05, 3.63) is 239 Å². The molecular formula is C63H46N4O. The van der Waals surface area contributed by atoms with E-state index in [4.69, 9.17) is 4.42 Å². The summed E-state index contributed by atoms with van der Waals surface area (Å²) in [7, 11) is 0. The first kappa shape index (κ1) is 40.8. The summed E-state index contributed by atoms with van der Waals surface area (Å²) >= 11 is 0. The number of rotatable bonds is 8. The van der Waals surface area contributed by atoms with Gasteiger partial charge >= 0.3 is 0 Å². The third kappa shape index (κ3) is 6.06. The molecule has 2 aliphatic carbocycles. The van der Waals surface area contributed by atoms with E-state index in [1.165, 1.54) is 44.5 Å². The summed E-state index contributed by atoms with van der Waals surface area (Å²) in [6, 6.07) is 73.8. The van der Waals surface area contributed by atoms with E-state index in [1.54, 1.807) is 0 Å². The SMILES string of the molecule is CC(C)c1ccc(N(c2ccc(C#N)cc2)c2ccc3c(c2)C2(c4ccccc4-c4ccccc42)c2cc(N(c4ccc(C#N)cc4)c4ccc(C(C)C)cc4)c4oc5ccccc5c4c2-3)cc1. The number of furan rings is 1. The van der Waals surface area contributed by atoms with Crippen LogP contribution in [0.4, 0.5) is 34.1 Å². The van der Waals surface area contributed by atoms with E-state index >= 15 is 0 Å². The van der Waals surface area contributed by atoms with Crippen molar-refractivity contribution in [1.82, 2.24) is 0 Å². The third-order valence-electron chi connectivity index (χ3n) is 14.3. The predicted octanol–water partition coefficient (Wildman–Crippen LogP) is 16.9. The summed E-state index contributed by atoms with van der Waals surface area (Å²) < 4.78 is 7.14. The van der Waals surface area contributed by atoms with Gasteiger partial charge in [0.1, 0.15) is 5.58 Å². The van der Waals surface area contributed by atoms with Gasteiger partial charge in [-0.3, -0.25) is 0 Å². The van der Waals surface area contributed by atoms with Gasteiger partial charge in [0, 0.05) is 39.2 Å². The van der Waals surface area contributed by atoms with Crippen LogP contribution in [0.5, 0.6) is 0 Å². The molecule has 68 heavy (non-hydrogen) atoms. The first-order valence-corrected chi connectivity index (χ1v) is 23.4. The Bertz CT molecular complexity index is 3650. The molecule has 0 radical (unpaired) electrons. The van der Waals surface area contributed by atoms with Gasteiger partial charge in [0.25, 0.3) is 0 Å². The lowest BCUT2D eigenvalue weighted by Gasteiger charge is -2.33. The molecule has 9 aromatic carbocycles. The van der Waals surface area contributed by atoms with Crippen molar-refractivity contribution in [2.45, 2.75) is 44.9 Å². The average Bonchev–Trinajstić information content (AvgIpc) is 4.01. The van der Waals surface area contributed by atoms with Crippen molar-refractivity contribution in [3.63, 3.8) is 0 Å².